The predicted molar refractivity (Wildman–Crippen MR) is 104 cm³/mol. The molecule has 1 aromatic heterocycles. The van der Waals surface area contributed by atoms with Crippen molar-refractivity contribution in [2.75, 3.05) is 0 Å². The zero-order valence-electron chi connectivity index (χ0n) is 16.7. The highest BCUT2D eigenvalue weighted by molar-refractivity contribution is 5.92. The molecule has 5 heteroatoms. The van der Waals surface area contributed by atoms with Crippen molar-refractivity contribution >= 4 is 5.91 Å². The molecule has 1 N–H and O–H groups in total. The van der Waals surface area contributed by atoms with E-state index in [9.17, 15) is 4.79 Å². The van der Waals surface area contributed by atoms with Crippen LogP contribution in [0.3, 0.4) is 0 Å². The lowest BCUT2D eigenvalue weighted by Crippen LogP contribution is -2.36. The summed E-state index contributed by atoms with van der Waals surface area (Å²) in [5.74, 6) is 0.870. The smallest absolute Gasteiger partial charge is 0.273 e. The monoisotopic (exact) mass is 357 g/mol. The number of carbonyl (C=O) groups excluding carboxylic acids is 1. The molecule has 0 spiro atoms. The third-order valence-corrected chi connectivity index (χ3v) is 4.72. The first-order chi connectivity index (χ1) is 12.3. The molecule has 0 saturated heterocycles. The Morgan fingerprint density at radius 2 is 1.85 bits per heavy atom. The van der Waals surface area contributed by atoms with E-state index in [1.807, 2.05) is 13.8 Å². The molecule has 2 rings (SSSR count). The van der Waals surface area contributed by atoms with E-state index in [0.29, 0.717) is 30.1 Å². The maximum absolute atomic E-state index is 12.1. The van der Waals surface area contributed by atoms with Crippen LogP contribution in [0, 0.1) is 12.8 Å². The number of hydrogen-bond acceptors (Lipinski definition) is 4. The zero-order chi connectivity index (χ0) is 19.3. The Kier molecular flexibility index (Phi) is 6.98. The Hall–Kier alpha value is -2.14. The summed E-state index contributed by atoms with van der Waals surface area (Å²) >= 11 is 0. The van der Waals surface area contributed by atoms with Gasteiger partial charge in [-0.05, 0) is 44.7 Å². The van der Waals surface area contributed by atoms with Gasteiger partial charge in [-0.2, -0.15) is 0 Å². The summed E-state index contributed by atoms with van der Waals surface area (Å²) in [7, 11) is 0. The number of benzene rings is 1. The van der Waals surface area contributed by atoms with E-state index in [1.54, 1.807) is 0 Å². The highest BCUT2D eigenvalue weighted by atomic mass is 16.3. The third kappa shape index (κ3) is 5.43. The van der Waals surface area contributed by atoms with Crippen molar-refractivity contribution in [1.29, 1.82) is 0 Å². The van der Waals surface area contributed by atoms with E-state index in [0.717, 1.165) is 6.54 Å². The van der Waals surface area contributed by atoms with Gasteiger partial charge in [0.1, 0.15) is 6.26 Å². The van der Waals surface area contributed by atoms with Crippen LogP contribution in [0.5, 0.6) is 0 Å². The predicted octanol–water partition coefficient (Wildman–Crippen LogP) is 4.17. The topological polar surface area (TPSA) is 58.4 Å². The zero-order valence-corrected chi connectivity index (χ0v) is 16.7. The summed E-state index contributed by atoms with van der Waals surface area (Å²) in [6.45, 7) is 14.0. The molecule has 0 aliphatic carbocycles. The molecule has 1 heterocycles. The molecule has 1 aromatic carbocycles. The minimum absolute atomic E-state index is 0.0705. The second kappa shape index (κ2) is 8.99. The Balaban J connectivity index is 2.16. The van der Waals surface area contributed by atoms with Crippen molar-refractivity contribution in [3.63, 3.8) is 0 Å². The van der Waals surface area contributed by atoms with Crippen molar-refractivity contribution < 1.29 is 9.21 Å². The number of rotatable bonds is 8. The van der Waals surface area contributed by atoms with Crippen molar-refractivity contribution in [3.8, 4) is 0 Å². The lowest BCUT2D eigenvalue weighted by molar-refractivity contribution is 0.0938. The number of nitrogens with one attached hydrogen (secondary N) is 1. The first-order valence-electron chi connectivity index (χ1n) is 9.31. The molecule has 0 radical (unpaired) electrons. The van der Waals surface area contributed by atoms with Crippen LogP contribution in [0.4, 0.5) is 0 Å². The second-order valence-electron chi connectivity index (χ2n) is 7.57. The van der Waals surface area contributed by atoms with E-state index in [4.69, 9.17) is 4.42 Å². The molecule has 0 bridgehead atoms. The molecule has 1 amide bonds. The fourth-order valence-electron chi connectivity index (χ4n) is 2.77. The van der Waals surface area contributed by atoms with Gasteiger partial charge in [-0.1, -0.05) is 38.1 Å². The van der Waals surface area contributed by atoms with E-state index in [-0.39, 0.29) is 11.9 Å². The fraction of sp³-hybridized carbons (Fsp3) is 0.524. The van der Waals surface area contributed by atoms with E-state index in [2.05, 4.69) is 67.2 Å². The summed E-state index contributed by atoms with van der Waals surface area (Å²) in [5, 5.41) is 2.84. The van der Waals surface area contributed by atoms with Crippen molar-refractivity contribution in [2.45, 2.75) is 66.7 Å². The Bertz CT molecular complexity index is 722. The Labute approximate surface area is 156 Å². The van der Waals surface area contributed by atoms with Crippen LogP contribution >= 0.6 is 0 Å². The minimum Gasteiger partial charge on any atom is -0.447 e. The summed E-state index contributed by atoms with van der Waals surface area (Å²) in [4.78, 5) is 18.8. The van der Waals surface area contributed by atoms with Gasteiger partial charge in [0, 0.05) is 18.6 Å². The summed E-state index contributed by atoms with van der Waals surface area (Å²) < 4.78 is 5.58. The largest absolute Gasteiger partial charge is 0.447 e. The van der Waals surface area contributed by atoms with Gasteiger partial charge in [0.25, 0.3) is 5.91 Å². The first kappa shape index (κ1) is 20.2. The average Bonchev–Trinajstić information content (AvgIpc) is 3.03. The summed E-state index contributed by atoms with van der Waals surface area (Å²) in [5.41, 5.74) is 2.91. The van der Waals surface area contributed by atoms with Crippen molar-refractivity contribution in [1.82, 2.24) is 15.2 Å². The van der Waals surface area contributed by atoms with Crippen LogP contribution in [0.1, 0.15) is 62.1 Å². The molecule has 0 saturated carbocycles. The summed E-state index contributed by atoms with van der Waals surface area (Å²) in [6.07, 6.45) is 1.44. The molecule has 5 nitrogen and oxygen atoms in total. The highest BCUT2D eigenvalue weighted by Gasteiger charge is 2.21. The van der Waals surface area contributed by atoms with Crippen LogP contribution in [0.15, 0.2) is 34.9 Å². The van der Waals surface area contributed by atoms with Gasteiger partial charge in [-0.25, -0.2) is 4.98 Å². The molecule has 0 aliphatic heterocycles. The molecular weight excluding hydrogens is 326 g/mol. The Morgan fingerprint density at radius 1 is 1.15 bits per heavy atom. The highest BCUT2D eigenvalue weighted by Crippen LogP contribution is 2.19. The van der Waals surface area contributed by atoms with Crippen molar-refractivity contribution in [3.05, 3.63) is 53.2 Å². The maximum Gasteiger partial charge on any atom is 0.273 e. The van der Waals surface area contributed by atoms with Crippen molar-refractivity contribution in [2.24, 2.45) is 5.92 Å². The van der Waals surface area contributed by atoms with Gasteiger partial charge >= 0.3 is 0 Å². The molecule has 1 atom stereocenters. The lowest BCUT2D eigenvalue weighted by Gasteiger charge is -2.31. The molecule has 0 aliphatic rings. The number of oxazole rings is 1. The van der Waals surface area contributed by atoms with E-state index in [1.165, 1.54) is 17.4 Å². The van der Waals surface area contributed by atoms with Crippen LogP contribution in [0.2, 0.25) is 0 Å². The fourth-order valence-corrected chi connectivity index (χ4v) is 2.77. The number of aromatic nitrogens is 1. The van der Waals surface area contributed by atoms with Crippen LogP contribution in [0.25, 0.3) is 0 Å². The first-order valence-corrected chi connectivity index (χ1v) is 9.31. The average molecular weight is 357 g/mol. The quantitative estimate of drug-likeness (QED) is 0.770. The number of hydrogen-bond donors (Lipinski definition) is 1. The SMILES string of the molecule is Cc1ccccc1CN(Cc1nc(C(=O)NC(C)C)co1)C(C)C(C)C. The van der Waals surface area contributed by atoms with Crippen LogP contribution in [-0.2, 0) is 13.1 Å². The molecule has 2 aromatic rings. The standard InChI is InChI=1S/C21H31N3O2/c1-14(2)17(6)24(11-18-10-8-7-9-16(18)5)12-20-23-19(13-26-20)21(25)22-15(3)4/h7-10,13-15,17H,11-12H2,1-6H3,(H,22,25). The van der Waals surface area contributed by atoms with Gasteiger partial charge in [0.05, 0.1) is 6.54 Å². The Morgan fingerprint density at radius 3 is 2.46 bits per heavy atom. The molecule has 26 heavy (non-hydrogen) atoms. The van der Waals surface area contributed by atoms with E-state index < -0.39 is 0 Å². The number of carbonyl (C=O) groups is 1. The maximum atomic E-state index is 12.1. The minimum atomic E-state index is -0.197. The lowest BCUT2D eigenvalue weighted by atomic mass is 10.0. The molecular formula is C21H31N3O2. The van der Waals surface area contributed by atoms with Crippen LogP contribution in [-0.4, -0.2) is 27.9 Å². The third-order valence-electron chi connectivity index (χ3n) is 4.72. The number of nitrogens with zero attached hydrogens (tertiary/aromatic N) is 2. The normalized spacial score (nSPS) is 12.8. The molecule has 142 valence electrons. The van der Waals surface area contributed by atoms with Gasteiger partial charge in [0.2, 0.25) is 5.89 Å². The molecule has 0 fully saturated rings. The summed E-state index contributed by atoms with van der Waals surface area (Å²) in [6, 6.07) is 8.85. The van der Waals surface area contributed by atoms with Gasteiger partial charge in [0.15, 0.2) is 5.69 Å². The van der Waals surface area contributed by atoms with E-state index >= 15 is 0 Å². The van der Waals surface area contributed by atoms with Gasteiger partial charge in [-0.15, -0.1) is 0 Å². The van der Waals surface area contributed by atoms with Gasteiger partial charge < -0.3 is 9.73 Å². The second-order valence-corrected chi connectivity index (χ2v) is 7.57. The van der Waals surface area contributed by atoms with Crippen LogP contribution < -0.4 is 5.32 Å². The number of amides is 1. The van der Waals surface area contributed by atoms with Gasteiger partial charge in [-0.3, -0.25) is 9.69 Å². The molecule has 1 unspecified atom stereocenters. The number of aryl methyl sites for hydroxylation is 1.